The van der Waals surface area contributed by atoms with Gasteiger partial charge in [-0.3, -0.25) is 38.4 Å². The lowest BCUT2D eigenvalue weighted by Crippen LogP contribution is -2.53. The third-order valence-corrected chi connectivity index (χ3v) is 18.9. The summed E-state index contributed by atoms with van der Waals surface area (Å²) in [5.74, 6) is -3.33. The summed E-state index contributed by atoms with van der Waals surface area (Å²) in [6.45, 7) is 11.2. The lowest BCUT2D eigenvalue weighted by molar-refractivity contribution is -0.148. The Morgan fingerprint density at radius 3 is 0.830 bits per heavy atom. The Morgan fingerprint density at radius 2 is 0.540 bits per heavy atom. The molecule has 0 saturated carbocycles. The quantitative estimate of drug-likeness (QED) is 0.0387. The van der Waals surface area contributed by atoms with Crippen molar-refractivity contribution >= 4 is 47.3 Å². The van der Waals surface area contributed by atoms with Crippen molar-refractivity contribution in [2.75, 3.05) is 131 Å². The summed E-state index contributed by atoms with van der Waals surface area (Å²) in [7, 11) is 0. The third kappa shape index (κ3) is 45.8. The lowest BCUT2D eigenvalue weighted by atomic mass is 10.1. The van der Waals surface area contributed by atoms with Crippen LogP contribution in [0.5, 0.6) is 0 Å². The molecule has 0 aliphatic heterocycles. The van der Waals surface area contributed by atoms with E-state index in [9.17, 15) is 19.2 Å². The van der Waals surface area contributed by atoms with E-state index in [0.29, 0.717) is 64.7 Å². The molecule has 0 spiro atoms. The number of rotatable bonds is 67. The van der Waals surface area contributed by atoms with E-state index in [1.165, 1.54) is 77.4 Å². The van der Waals surface area contributed by atoms with E-state index >= 15 is 19.2 Å². The Hall–Kier alpha value is -5.96. The fourth-order valence-corrected chi connectivity index (χ4v) is 12.5. The van der Waals surface area contributed by atoms with Crippen molar-refractivity contribution in [2.45, 2.75) is 259 Å². The first-order valence-electron chi connectivity index (χ1n) is 39.8. The van der Waals surface area contributed by atoms with E-state index in [1.807, 2.05) is 60.7 Å². The van der Waals surface area contributed by atoms with Gasteiger partial charge in [0.2, 0.25) is 47.3 Å². The Bertz CT molecular complexity index is 2420. The zero-order valence-corrected chi connectivity index (χ0v) is 63.5. The molecule has 570 valence electrons. The standard InChI is InChI=1S/C80H142N12O8/c1-5-9-13-17-21-25-29-39-56-86(64-73(83)93)75(95)65-87(57-40-30-26-22-18-14-10-6-2)76(96)66-88(58-41-31-27-23-19-15-11-7-3)77(97)67-89(59-42-32-28-24-20-16-12-8-4)78(98)68-90(60-49-71-45-35-33-36-46-71)79(99)69-91(61-50-72-47-37-34-38-48-72)80(100)70-92(62-52-82)74(94)63-85-55-44-54-84-53-43-51-81/h33-38,45-48,84-85H,5-32,39-44,49-70,81-82H2,1-4H3,(H2,83,93). The van der Waals surface area contributed by atoms with Crippen molar-refractivity contribution in [2.24, 2.45) is 17.2 Å². The second-order valence-corrected chi connectivity index (χ2v) is 27.8. The smallest absolute Gasteiger partial charge is 0.242 e. The zero-order valence-electron chi connectivity index (χ0n) is 63.5. The minimum Gasteiger partial charge on any atom is -0.368 e. The number of hydrogen-bond acceptors (Lipinski definition) is 12. The first-order valence-corrected chi connectivity index (χ1v) is 39.8. The van der Waals surface area contributed by atoms with Crippen LogP contribution >= 0.6 is 0 Å². The normalized spacial score (nSPS) is 11.2. The van der Waals surface area contributed by atoms with Gasteiger partial charge >= 0.3 is 0 Å². The molecule has 2 aromatic rings. The minimum atomic E-state index is -0.616. The van der Waals surface area contributed by atoms with Crippen molar-refractivity contribution in [3.63, 3.8) is 0 Å². The number of nitrogens with one attached hydrogen (secondary N) is 2. The molecule has 0 saturated heterocycles. The monoisotopic (exact) mass is 1400 g/mol. The highest BCUT2D eigenvalue weighted by Crippen LogP contribution is 2.17. The van der Waals surface area contributed by atoms with E-state index in [1.54, 1.807) is 14.7 Å². The van der Waals surface area contributed by atoms with E-state index < -0.39 is 29.5 Å². The number of unbranched alkanes of at least 4 members (excludes halogenated alkanes) is 28. The van der Waals surface area contributed by atoms with Gasteiger partial charge in [0.25, 0.3) is 0 Å². The van der Waals surface area contributed by atoms with Gasteiger partial charge in [-0.1, -0.05) is 268 Å². The first-order chi connectivity index (χ1) is 48.7. The highest BCUT2D eigenvalue weighted by atomic mass is 16.2. The summed E-state index contributed by atoms with van der Waals surface area (Å²) >= 11 is 0. The van der Waals surface area contributed by atoms with E-state index in [4.69, 9.17) is 17.2 Å². The average Bonchev–Trinajstić information content (AvgIpc) is 0.875. The van der Waals surface area contributed by atoms with Crippen LogP contribution in [0.3, 0.4) is 0 Å². The third-order valence-electron chi connectivity index (χ3n) is 18.9. The molecule has 0 aliphatic rings. The van der Waals surface area contributed by atoms with Gasteiger partial charge in [0.05, 0.1) is 52.4 Å². The molecular weight excluding hydrogens is 1260 g/mol. The summed E-state index contributed by atoms with van der Waals surface area (Å²) in [6.07, 6.45) is 35.7. The van der Waals surface area contributed by atoms with Gasteiger partial charge < -0.3 is 62.1 Å². The van der Waals surface area contributed by atoms with Crippen molar-refractivity contribution in [3.8, 4) is 0 Å². The predicted molar refractivity (Wildman–Crippen MR) is 409 cm³/mol. The first kappa shape index (κ1) is 90.1. The lowest BCUT2D eigenvalue weighted by Gasteiger charge is -2.32. The molecule has 2 aromatic carbocycles. The molecule has 0 fully saturated rings. The molecule has 2 rings (SSSR count). The van der Waals surface area contributed by atoms with E-state index in [0.717, 1.165) is 159 Å². The number of hydrogen-bond donors (Lipinski definition) is 5. The molecule has 0 heterocycles. The highest BCUT2D eigenvalue weighted by molar-refractivity contribution is 5.93. The molecule has 0 bridgehead atoms. The van der Waals surface area contributed by atoms with Crippen LogP contribution in [0.4, 0.5) is 0 Å². The number of benzene rings is 2. The van der Waals surface area contributed by atoms with Crippen molar-refractivity contribution < 1.29 is 38.4 Å². The van der Waals surface area contributed by atoms with Gasteiger partial charge in [0.1, 0.15) is 0 Å². The van der Waals surface area contributed by atoms with Crippen molar-refractivity contribution in [1.29, 1.82) is 0 Å². The average molecular weight is 1400 g/mol. The molecule has 8 amide bonds. The van der Waals surface area contributed by atoms with Crippen LogP contribution in [0.1, 0.15) is 257 Å². The van der Waals surface area contributed by atoms with E-state index in [2.05, 4.69) is 38.3 Å². The van der Waals surface area contributed by atoms with Crippen LogP contribution in [0.25, 0.3) is 0 Å². The highest BCUT2D eigenvalue weighted by Gasteiger charge is 2.31. The van der Waals surface area contributed by atoms with Gasteiger partial charge in [-0.15, -0.1) is 0 Å². The van der Waals surface area contributed by atoms with Gasteiger partial charge in [-0.05, 0) is 88.7 Å². The van der Waals surface area contributed by atoms with Crippen LogP contribution in [0, 0.1) is 0 Å². The van der Waals surface area contributed by atoms with Crippen LogP contribution in [0.2, 0.25) is 0 Å². The van der Waals surface area contributed by atoms with Crippen molar-refractivity contribution in [1.82, 2.24) is 44.9 Å². The predicted octanol–water partition coefficient (Wildman–Crippen LogP) is 11.2. The van der Waals surface area contributed by atoms with Gasteiger partial charge in [0.15, 0.2) is 0 Å². The van der Waals surface area contributed by atoms with Crippen molar-refractivity contribution in [3.05, 3.63) is 71.8 Å². The summed E-state index contributed by atoms with van der Waals surface area (Å²) in [5, 5.41) is 6.54. The Morgan fingerprint density at radius 1 is 0.280 bits per heavy atom. The number of primary amides is 1. The fraction of sp³-hybridized carbons (Fsp3) is 0.750. The van der Waals surface area contributed by atoms with E-state index in [-0.39, 0.29) is 109 Å². The molecular formula is C80H142N12O8. The topological polar surface area (TPSA) is 261 Å². The molecule has 20 nitrogen and oxygen atoms in total. The second kappa shape index (κ2) is 61.7. The molecule has 0 aromatic heterocycles. The number of nitrogens with zero attached hydrogens (tertiary/aromatic N) is 7. The van der Waals surface area contributed by atoms with Crippen LogP contribution in [-0.4, -0.2) is 212 Å². The van der Waals surface area contributed by atoms with Gasteiger partial charge in [-0.2, -0.15) is 0 Å². The second-order valence-electron chi connectivity index (χ2n) is 27.8. The maximum atomic E-state index is 15.3. The van der Waals surface area contributed by atoms with Gasteiger partial charge in [0, 0.05) is 52.4 Å². The van der Waals surface area contributed by atoms with Crippen LogP contribution in [0.15, 0.2) is 60.7 Å². The zero-order chi connectivity index (χ0) is 72.9. The number of amides is 8. The number of carbonyl (C=O) groups excluding carboxylic acids is 8. The maximum absolute atomic E-state index is 15.3. The van der Waals surface area contributed by atoms with Crippen LogP contribution in [-0.2, 0) is 51.2 Å². The van der Waals surface area contributed by atoms with Gasteiger partial charge in [-0.25, -0.2) is 0 Å². The Kier molecular flexibility index (Phi) is 55.6. The summed E-state index contributed by atoms with van der Waals surface area (Å²) < 4.78 is 0. The molecule has 0 aliphatic carbocycles. The summed E-state index contributed by atoms with van der Waals surface area (Å²) in [5.41, 5.74) is 19.3. The number of nitrogens with two attached hydrogens (primary N) is 3. The largest absolute Gasteiger partial charge is 0.368 e. The minimum absolute atomic E-state index is 0.0104. The molecule has 0 unspecified atom stereocenters. The molecule has 20 heteroatoms. The number of carbonyl (C=O) groups is 8. The Balaban J connectivity index is 2.64. The summed E-state index contributed by atoms with van der Waals surface area (Å²) in [4.78, 5) is 127. The van der Waals surface area contributed by atoms with Crippen LogP contribution < -0.4 is 27.8 Å². The Labute approximate surface area is 606 Å². The SMILES string of the molecule is CCCCCCCCCCN(CC(N)=O)C(=O)CN(CCCCCCCCCC)C(=O)CN(CCCCCCCCCC)C(=O)CN(CCCCCCCCCC)C(=O)CN(CCc1ccccc1)C(=O)CN(CCc1ccccc1)C(=O)CN(CCN)C(=O)CNCCCNCCCN. The summed E-state index contributed by atoms with van der Waals surface area (Å²) in [6, 6.07) is 19.4. The molecule has 100 heavy (non-hydrogen) atoms. The maximum Gasteiger partial charge on any atom is 0.242 e. The fourth-order valence-electron chi connectivity index (χ4n) is 12.5. The molecule has 0 atom stereocenters. The molecule has 8 N–H and O–H groups in total. The molecule has 0 radical (unpaired) electrons.